The number of nitrogens with one attached hydrogen (secondary N) is 1. The van der Waals surface area contributed by atoms with Crippen molar-refractivity contribution in [2.45, 2.75) is 58.2 Å². The lowest BCUT2D eigenvalue weighted by Crippen LogP contribution is -2.54. The molecule has 2 N–H and O–H groups in total. The van der Waals surface area contributed by atoms with E-state index in [1.54, 1.807) is 0 Å². The molecule has 0 bridgehead atoms. The third kappa shape index (κ3) is 3.16. The molecule has 0 radical (unpaired) electrons. The van der Waals surface area contributed by atoms with Crippen molar-refractivity contribution in [2.24, 2.45) is 0 Å². The molecule has 3 heteroatoms. The van der Waals surface area contributed by atoms with Gasteiger partial charge in [0.2, 0.25) is 0 Å². The summed E-state index contributed by atoms with van der Waals surface area (Å²) in [5.41, 5.74) is 0.234. The van der Waals surface area contributed by atoms with Crippen LogP contribution in [0.5, 0.6) is 0 Å². The van der Waals surface area contributed by atoms with Gasteiger partial charge in [0, 0.05) is 30.8 Å². The second kappa shape index (κ2) is 5.28. The largest absolute Gasteiger partial charge is 0.396 e. The molecule has 90 valence electrons. The van der Waals surface area contributed by atoms with Crippen molar-refractivity contribution in [3.63, 3.8) is 0 Å². The number of aliphatic hydroxyl groups is 1. The Morgan fingerprint density at radius 2 is 2.13 bits per heavy atom. The molecule has 0 aliphatic carbocycles. The highest BCUT2D eigenvalue weighted by Crippen LogP contribution is 2.27. The quantitative estimate of drug-likeness (QED) is 0.741. The molecule has 0 aromatic carbocycles. The van der Waals surface area contributed by atoms with Crippen molar-refractivity contribution in [1.29, 1.82) is 0 Å². The highest BCUT2D eigenvalue weighted by atomic mass is 16.3. The molecule has 1 aliphatic heterocycles. The Morgan fingerprint density at radius 3 is 2.67 bits per heavy atom. The van der Waals surface area contributed by atoms with Gasteiger partial charge in [-0.25, -0.2) is 0 Å². The predicted molar refractivity (Wildman–Crippen MR) is 64.0 cm³/mol. The summed E-state index contributed by atoms with van der Waals surface area (Å²) in [4.78, 5) is 2.56. The van der Waals surface area contributed by atoms with E-state index in [1.165, 1.54) is 6.42 Å². The number of aliphatic hydroxyl groups excluding tert-OH is 1. The van der Waals surface area contributed by atoms with Gasteiger partial charge in [0.25, 0.3) is 0 Å². The van der Waals surface area contributed by atoms with Gasteiger partial charge in [0.1, 0.15) is 0 Å². The van der Waals surface area contributed by atoms with Crippen molar-refractivity contribution >= 4 is 0 Å². The molecule has 1 rings (SSSR count). The molecular formula is C12H26N2O. The lowest BCUT2D eigenvalue weighted by atomic mass is 9.94. The van der Waals surface area contributed by atoms with E-state index in [1.807, 2.05) is 0 Å². The van der Waals surface area contributed by atoms with E-state index in [2.05, 4.69) is 37.9 Å². The summed E-state index contributed by atoms with van der Waals surface area (Å²) >= 11 is 0. The van der Waals surface area contributed by atoms with E-state index in [-0.39, 0.29) is 12.1 Å². The number of rotatable bonds is 3. The number of hydrogen-bond donors (Lipinski definition) is 2. The van der Waals surface area contributed by atoms with Crippen LogP contribution in [0.2, 0.25) is 0 Å². The molecule has 0 aromatic heterocycles. The van der Waals surface area contributed by atoms with Crippen molar-refractivity contribution in [3.05, 3.63) is 0 Å². The summed E-state index contributed by atoms with van der Waals surface area (Å²) in [6, 6.07) is 1.00. The van der Waals surface area contributed by atoms with Crippen molar-refractivity contribution in [2.75, 3.05) is 19.7 Å². The Hall–Kier alpha value is -0.120. The summed E-state index contributed by atoms with van der Waals surface area (Å²) in [6.45, 7) is 11.5. The fraction of sp³-hybridized carbons (Fsp3) is 1.00. The fourth-order valence-corrected chi connectivity index (χ4v) is 2.90. The average molecular weight is 214 g/mol. The van der Waals surface area contributed by atoms with Crippen LogP contribution >= 0.6 is 0 Å². The molecule has 1 heterocycles. The summed E-state index contributed by atoms with van der Waals surface area (Å²) in [7, 11) is 0. The maximum Gasteiger partial charge on any atom is 0.0446 e. The minimum absolute atomic E-state index is 0.234. The van der Waals surface area contributed by atoms with Gasteiger partial charge in [-0.15, -0.1) is 0 Å². The molecule has 1 atom stereocenters. The summed E-state index contributed by atoms with van der Waals surface area (Å²) in [6.07, 6.45) is 2.04. The Kier molecular flexibility index (Phi) is 4.56. The molecule has 0 aromatic rings. The van der Waals surface area contributed by atoms with Gasteiger partial charge < -0.3 is 10.4 Å². The molecule has 0 saturated carbocycles. The van der Waals surface area contributed by atoms with Gasteiger partial charge in [-0.2, -0.15) is 0 Å². The lowest BCUT2D eigenvalue weighted by Gasteiger charge is -2.44. The average Bonchev–Trinajstić information content (AvgIpc) is 2.24. The second-order valence-corrected chi connectivity index (χ2v) is 5.43. The van der Waals surface area contributed by atoms with Crippen LogP contribution in [-0.2, 0) is 0 Å². The molecule has 0 amide bonds. The third-order valence-corrected chi connectivity index (χ3v) is 3.40. The van der Waals surface area contributed by atoms with Gasteiger partial charge >= 0.3 is 0 Å². The van der Waals surface area contributed by atoms with E-state index >= 15 is 0 Å². The maximum absolute atomic E-state index is 9.13. The zero-order chi connectivity index (χ0) is 11.5. The first-order valence-electron chi connectivity index (χ1n) is 6.09. The van der Waals surface area contributed by atoms with Crippen LogP contribution in [0.3, 0.4) is 0 Å². The van der Waals surface area contributed by atoms with Crippen LogP contribution in [0.15, 0.2) is 0 Å². The summed E-state index contributed by atoms with van der Waals surface area (Å²) in [5, 5.41) is 12.6. The summed E-state index contributed by atoms with van der Waals surface area (Å²) in [5.74, 6) is 0. The maximum atomic E-state index is 9.13. The standard InChI is InChI=1S/C12H26N2O/c1-10(2)14-11(5-8-15)9-13-7-6-12(14,3)4/h10-11,13,15H,5-9H2,1-4H3. The highest BCUT2D eigenvalue weighted by Gasteiger charge is 2.35. The van der Waals surface area contributed by atoms with Crippen molar-refractivity contribution in [3.8, 4) is 0 Å². The first kappa shape index (κ1) is 12.9. The lowest BCUT2D eigenvalue weighted by molar-refractivity contribution is 0.0338. The minimum atomic E-state index is 0.234. The van der Waals surface area contributed by atoms with Gasteiger partial charge in [-0.05, 0) is 47.1 Å². The van der Waals surface area contributed by atoms with Crippen LogP contribution in [0.25, 0.3) is 0 Å². The molecule has 1 saturated heterocycles. The van der Waals surface area contributed by atoms with E-state index in [0.29, 0.717) is 12.1 Å². The van der Waals surface area contributed by atoms with Gasteiger partial charge in [0.05, 0.1) is 0 Å². The SMILES string of the molecule is CC(C)N1C(CCO)CNCCC1(C)C. The fourth-order valence-electron chi connectivity index (χ4n) is 2.90. The van der Waals surface area contributed by atoms with Gasteiger partial charge in [-0.1, -0.05) is 0 Å². The van der Waals surface area contributed by atoms with E-state index in [0.717, 1.165) is 19.5 Å². The molecular weight excluding hydrogens is 188 g/mol. The Bertz CT molecular complexity index is 192. The third-order valence-electron chi connectivity index (χ3n) is 3.40. The van der Waals surface area contributed by atoms with Gasteiger partial charge in [-0.3, -0.25) is 4.90 Å². The predicted octanol–water partition coefficient (Wildman–Crippen LogP) is 1.22. The van der Waals surface area contributed by atoms with Crippen LogP contribution in [0.1, 0.15) is 40.5 Å². The van der Waals surface area contributed by atoms with Gasteiger partial charge in [0.15, 0.2) is 0 Å². The smallest absolute Gasteiger partial charge is 0.0446 e. The Labute approximate surface area is 93.9 Å². The zero-order valence-electron chi connectivity index (χ0n) is 10.6. The van der Waals surface area contributed by atoms with Crippen LogP contribution in [0.4, 0.5) is 0 Å². The molecule has 15 heavy (non-hydrogen) atoms. The molecule has 1 aliphatic rings. The van der Waals surface area contributed by atoms with Crippen LogP contribution < -0.4 is 5.32 Å². The van der Waals surface area contributed by atoms with Crippen molar-refractivity contribution < 1.29 is 5.11 Å². The first-order valence-corrected chi connectivity index (χ1v) is 6.09. The van der Waals surface area contributed by atoms with E-state index < -0.39 is 0 Å². The second-order valence-electron chi connectivity index (χ2n) is 5.43. The Balaban J connectivity index is 2.82. The first-order chi connectivity index (χ1) is 6.99. The molecule has 1 fully saturated rings. The molecule has 0 spiro atoms. The summed E-state index contributed by atoms with van der Waals surface area (Å²) < 4.78 is 0. The topological polar surface area (TPSA) is 35.5 Å². The number of nitrogens with zero attached hydrogens (tertiary/aromatic N) is 1. The number of hydrogen-bond acceptors (Lipinski definition) is 3. The van der Waals surface area contributed by atoms with E-state index in [4.69, 9.17) is 5.11 Å². The monoisotopic (exact) mass is 214 g/mol. The normalized spacial score (nSPS) is 28.0. The molecule has 1 unspecified atom stereocenters. The Morgan fingerprint density at radius 1 is 1.47 bits per heavy atom. The van der Waals surface area contributed by atoms with Crippen LogP contribution in [-0.4, -0.2) is 47.3 Å². The minimum Gasteiger partial charge on any atom is -0.396 e. The molecule has 3 nitrogen and oxygen atoms in total. The van der Waals surface area contributed by atoms with Crippen LogP contribution in [0, 0.1) is 0 Å². The van der Waals surface area contributed by atoms with E-state index in [9.17, 15) is 0 Å². The van der Waals surface area contributed by atoms with Crippen molar-refractivity contribution in [1.82, 2.24) is 10.2 Å². The zero-order valence-corrected chi connectivity index (χ0v) is 10.6. The highest BCUT2D eigenvalue weighted by molar-refractivity contribution is 4.92.